The van der Waals surface area contributed by atoms with Gasteiger partial charge in [-0.3, -0.25) is 14.6 Å². The fraction of sp³-hybridized carbons (Fsp3) is 0.231. The van der Waals surface area contributed by atoms with Crippen LogP contribution in [-0.2, 0) is 13.6 Å². The van der Waals surface area contributed by atoms with Crippen molar-refractivity contribution in [1.29, 1.82) is 0 Å². The Morgan fingerprint density at radius 2 is 2.03 bits per heavy atom. The van der Waals surface area contributed by atoms with Crippen LogP contribution in [0.25, 0.3) is 22.2 Å². The molecule has 4 heterocycles. The molecule has 0 aliphatic carbocycles. The van der Waals surface area contributed by atoms with E-state index in [0.717, 1.165) is 39.1 Å². The molecule has 4 aromatic heterocycles. The van der Waals surface area contributed by atoms with Crippen LogP contribution < -0.4 is 21.7 Å². The zero-order valence-electron chi connectivity index (χ0n) is 20.5. The van der Waals surface area contributed by atoms with Crippen molar-refractivity contribution >= 4 is 22.5 Å². The van der Waals surface area contributed by atoms with Gasteiger partial charge in [0.15, 0.2) is 0 Å². The van der Waals surface area contributed by atoms with Crippen LogP contribution in [0.5, 0.6) is 0 Å². The maximum atomic E-state index is 6.18. The molecule has 180 valence electrons. The lowest BCUT2D eigenvalue weighted by Gasteiger charge is -2.18. The Morgan fingerprint density at radius 3 is 2.74 bits per heavy atom. The molecule has 0 saturated carbocycles. The Kier molecular flexibility index (Phi) is 6.96. The molecule has 4 aromatic rings. The molecular formula is C26H31N9. The third kappa shape index (κ3) is 5.57. The molecule has 0 aromatic carbocycles. The van der Waals surface area contributed by atoms with Gasteiger partial charge in [0.2, 0.25) is 0 Å². The summed E-state index contributed by atoms with van der Waals surface area (Å²) in [6.45, 7) is 4.75. The van der Waals surface area contributed by atoms with Gasteiger partial charge in [-0.2, -0.15) is 5.10 Å². The first-order chi connectivity index (χ1) is 16.8. The van der Waals surface area contributed by atoms with Gasteiger partial charge in [0.25, 0.3) is 0 Å². The number of hydrogen-bond donors (Lipinski definition) is 3. The molecule has 5 N–H and O–H groups in total. The Morgan fingerprint density at radius 1 is 1.20 bits per heavy atom. The molecule has 0 bridgehead atoms. The maximum Gasteiger partial charge on any atom is 0.132 e. The highest BCUT2D eigenvalue weighted by atomic mass is 15.3. The van der Waals surface area contributed by atoms with E-state index in [-0.39, 0.29) is 5.92 Å². The summed E-state index contributed by atoms with van der Waals surface area (Å²) in [5, 5.41) is 7.84. The van der Waals surface area contributed by atoms with Gasteiger partial charge in [-0.15, -0.1) is 0 Å². The average molecular weight is 470 g/mol. The number of fused-ring (bicyclic) bond motifs is 1. The van der Waals surface area contributed by atoms with E-state index in [0.29, 0.717) is 18.2 Å². The molecule has 0 aliphatic rings. The van der Waals surface area contributed by atoms with Gasteiger partial charge in [0.1, 0.15) is 11.6 Å². The van der Waals surface area contributed by atoms with Crippen LogP contribution in [0.3, 0.4) is 0 Å². The molecule has 9 nitrogen and oxygen atoms in total. The predicted molar refractivity (Wildman–Crippen MR) is 141 cm³/mol. The largest absolute Gasteiger partial charge is 0.404 e. The van der Waals surface area contributed by atoms with E-state index in [1.54, 1.807) is 12.4 Å². The van der Waals surface area contributed by atoms with Crippen LogP contribution in [0.1, 0.15) is 19.5 Å². The standard InChI is InChI=1S/C26H31N9/c1-17(2)18(12-27)11-25(28)32-26-8-7-22-23(31-26)10-19(13-30-22)21-15-35(4)33-24(21)16-34(3)20-6-5-9-29-14-20/h5-15,17H,16,27-28H2,1-4H3,(H,31,32)/b18-12+,25-11+. The van der Waals surface area contributed by atoms with Gasteiger partial charge >= 0.3 is 0 Å². The smallest absolute Gasteiger partial charge is 0.132 e. The monoisotopic (exact) mass is 469 g/mol. The van der Waals surface area contributed by atoms with Crippen molar-refractivity contribution < 1.29 is 0 Å². The number of aryl methyl sites for hydroxylation is 1. The maximum absolute atomic E-state index is 6.18. The lowest BCUT2D eigenvalue weighted by Crippen LogP contribution is -2.17. The molecule has 0 spiro atoms. The summed E-state index contributed by atoms with van der Waals surface area (Å²) in [7, 11) is 3.94. The molecule has 0 fully saturated rings. The van der Waals surface area contributed by atoms with Gasteiger partial charge in [0, 0.05) is 43.8 Å². The number of hydrogen-bond acceptors (Lipinski definition) is 8. The third-order valence-corrected chi connectivity index (χ3v) is 5.68. The van der Waals surface area contributed by atoms with Crippen molar-refractivity contribution in [1.82, 2.24) is 24.7 Å². The van der Waals surface area contributed by atoms with Crippen LogP contribution in [0, 0.1) is 5.92 Å². The molecule has 0 saturated heterocycles. The fourth-order valence-electron chi connectivity index (χ4n) is 3.78. The highest BCUT2D eigenvalue weighted by Gasteiger charge is 2.14. The van der Waals surface area contributed by atoms with Crippen molar-refractivity contribution in [2.75, 3.05) is 17.3 Å². The number of pyridine rings is 3. The zero-order valence-corrected chi connectivity index (χ0v) is 20.5. The highest BCUT2D eigenvalue weighted by molar-refractivity contribution is 5.82. The minimum atomic E-state index is 0.266. The molecule has 4 rings (SSSR count). The summed E-state index contributed by atoms with van der Waals surface area (Å²) < 4.78 is 1.82. The third-order valence-electron chi connectivity index (χ3n) is 5.68. The summed E-state index contributed by atoms with van der Waals surface area (Å²) in [6.07, 6.45) is 10.9. The van der Waals surface area contributed by atoms with E-state index >= 15 is 0 Å². The summed E-state index contributed by atoms with van der Waals surface area (Å²) in [5.41, 5.74) is 18.3. The first-order valence-electron chi connectivity index (χ1n) is 11.4. The van der Waals surface area contributed by atoms with E-state index in [1.807, 2.05) is 73.8 Å². The highest BCUT2D eigenvalue weighted by Crippen LogP contribution is 2.27. The summed E-state index contributed by atoms with van der Waals surface area (Å²) in [5.74, 6) is 1.37. The average Bonchev–Trinajstić information content (AvgIpc) is 3.22. The SMILES string of the molecule is CC(C)C(=C/N)/C=C(\N)Nc1ccc2ncc(-c3cn(C)nc3CN(C)c3cccnc3)cc2n1. The van der Waals surface area contributed by atoms with Crippen LogP contribution in [0.2, 0.25) is 0 Å². The number of nitrogens with one attached hydrogen (secondary N) is 1. The normalized spacial score (nSPS) is 12.4. The Labute approximate surface area is 205 Å². The minimum absolute atomic E-state index is 0.266. The first kappa shape index (κ1) is 23.7. The Bertz CT molecular complexity index is 1370. The van der Waals surface area contributed by atoms with Gasteiger partial charge in [-0.25, -0.2) is 4.98 Å². The summed E-state index contributed by atoms with van der Waals surface area (Å²) in [6, 6.07) is 9.75. The van der Waals surface area contributed by atoms with Gasteiger partial charge in [-0.1, -0.05) is 13.8 Å². The summed E-state index contributed by atoms with van der Waals surface area (Å²) in [4.78, 5) is 15.7. The van der Waals surface area contributed by atoms with Crippen molar-refractivity contribution in [3.63, 3.8) is 0 Å². The van der Waals surface area contributed by atoms with Crippen LogP contribution in [0.4, 0.5) is 11.5 Å². The van der Waals surface area contributed by atoms with E-state index in [4.69, 9.17) is 21.5 Å². The Balaban J connectivity index is 1.62. The number of nitrogens with zero attached hydrogens (tertiary/aromatic N) is 6. The summed E-state index contributed by atoms with van der Waals surface area (Å²) >= 11 is 0. The van der Waals surface area contributed by atoms with Crippen LogP contribution in [-0.4, -0.2) is 31.8 Å². The van der Waals surface area contributed by atoms with Gasteiger partial charge in [-0.05, 0) is 54.1 Å². The van der Waals surface area contributed by atoms with E-state index in [2.05, 4.69) is 34.0 Å². The topological polar surface area (TPSA) is 124 Å². The lowest BCUT2D eigenvalue weighted by molar-refractivity contribution is 0.734. The van der Waals surface area contributed by atoms with Crippen molar-refractivity contribution in [2.45, 2.75) is 20.4 Å². The number of nitrogens with two attached hydrogens (primary N) is 2. The zero-order chi connectivity index (χ0) is 24.9. The number of rotatable bonds is 8. The molecule has 9 heteroatoms. The second-order valence-corrected chi connectivity index (χ2v) is 8.74. The molecule has 0 atom stereocenters. The second kappa shape index (κ2) is 10.3. The molecule has 0 amide bonds. The fourth-order valence-corrected chi connectivity index (χ4v) is 3.78. The van der Waals surface area contributed by atoms with Gasteiger partial charge < -0.3 is 21.7 Å². The number of anilines is 2. The molecule has 0 aliphatic heterocycles. The van der Waals surface area contributed by atoms with Crippen molar-refractivity contribution in [2.24, 2.45) is 24.4 Å². The quantitative estimate of drug-likeness (QED) is 0.333. The minimum Gasteiger partial charge on any atom is -0.404 e. The molecule has 0 unspecified atom stereocenters. The van der Waals surface area contributed by atoms with Gasteiger partial charge in [0.05, 0.1) is 35.2 Å². The van der Waals surface area contributed by atoms with Crippen LogP contribution >= 0.6 is 0 Å². The van der Waals surface area contributed by atoms with Crippen molar-refractivity contribution in [3.05, 3.63) is 84.5 Å². The second-order valence-electron chi connectivity index (χ2n) is 8.74. The van der Waals surface area contributed by atoms with Crippen LogP contribution in [0.15, 0.2) is 78.8 Å². The number of aromatic nitrogens is 5. The van der Waals surface area contributed by atoms with E-state index < -0.39 is 0 Å². The van der Waals surface area contributed by atoms with E-state index in [9.17, 15) is 0 Å². The molecule has 0 radical (unpaired) electrons. The number of allylic oxidation sites excluding steroid dienone is 2. The Hall–Kier alpha value is -4.40. The van der Waals surface area contributed by atoms with E-state index in [1.165, 1.54) is 0 Å². The molecular weight excluding hydrogens is 438 g/mol. The van der Waals surface area contributed by atoms with Crippen molar-refractivity contribution in [3.8, 4) is 11.1 Å². The predicted octanol–water partition coefficient (Wildman–Crippen LogP) is 3.77. The first-order valence-corrected chi connectivity index (χ1v) is 11.4. The molecule has 35 heavy (non-hydrogen) atoms. The lowest BCUT2D eigenvalue weighted by atomic mass is 10.0.